The molecular weight excluding hydrogens is 164 g/mol. The van der Waals surface area contributed by atoms with Gasteiger partial charge in [0.15, 0.2) is 0 Å². The Morgan fingerprint density at radius 3 is 2.54 bits per heavy atom. The molecule has 0 bridgehead atoms. The second-order valence-electron chi connectivity index (χ2n) is 4.10. The van der Waals surface area contributed by atoms with Gasteiger partial charge < -0.3 is 10.2 Å². The first-order valence-electron chi connectivity index (χ1n) is 4.19. The molecule has 0 aliphatic carbocycles. The van der Waals surface area contributed by atoms with Crippen molar-refractivity contribution in [3.8, 4) is 6.07 Å². The van der Waals surface area contributed by atoms with Gasteiger partial charge >= 0.3 is 0 Å². The maximum Gasteiger partial charge on any atom is 0.121 e. The van der Waals surface area contributed by atoms with Crippen LogP contribution in [0.5, 0.6) is 0 Å². The van der Waals surface area contributed by atoms with E-state index in [0.29, 0.717) is 0 Å². The Labute approximate surface area is 78.1 Å². The smallest absolute Gasteiger partial charge is 0.121 e. The number of nitriles is 1. The average molecular weight is 178 g/mol. The second kappa shape index (κ2) is 3.23. The molecule has 1 aromatic rings. The van der Waals surface area contributed by atoms with E-state index in [1.54, 1.807) is 6.26 Å². The summed E-state index contributed by atoms with van der Waals surface area (Å²) in [4.78, 5) is 0. The third kappa shape index (κ3) is 2.10. The van der Waals surface area contributed by atoms with Gasteiger partial charge in [-0.15, -0.1) is 0 Å². The lowest BCUT2D eigenvalue weighted by atomic mass is 9.93. The molecule has 3 nitrogen and oxygen atoms in total. The van der Waals surface area contributed by atoms with Crippen molar-refractivity contribution in [3.63, 3.8) is 0 Å². The van der Waals surface area contributed by atoms with Crippen LogP contribution in [0.2, 0.25) is 0 Å². The largest absolute Gasteiger partial charge is 0.468 e. The van der Waals surface area contributed by atoms with Crippen molar-refractivity contribution >= 4 is 0 Å². The first kappa shape index (κ1) is 9.82. The summed E-state index contributed by atoms with van der Waals surface area (Å²) in [6.07, 6.45) is 1.55. The normalized spacial score (nSPS) is 13.8. The molecule has 0 aromatic carbocycles. The molecule has 0 aliphatic heterocycles. The third-order valence-electron chi connectivity index (χ3n) is 1.86. The molecule has 0 saturated heterocycles. The van der Waals surface area contributed by atoms with Crippen LogP contribution >= 0.6 is 0 Å². The van der Waals surface area contributed by atoms with E-state index in [4.69, 9.17) is 15.4 Å². The molecule has 1 atom stereocenters. The van der Waals surface area contributed by atoms with Gasteiger partial charge in [-0.1, -0.05) is 20.8 Å². The first-order valence-corrected chi connectivity index (χ1v) is 4.19. The summed E-state index contributed by atoms with van der Waals surface area (Å²) >= 11 is 0. The first-order chi connectivity index (χ1) is 5.95. The highest BCUT2D eigenvalue weighted by atomic mass is 16.3. The molecule has 1 aromatic heterocycles. The molecule has 0 fully saturated rings. The van der Waals surface area contributed by atoms with Crippen LogP contribution in [0.15, 0.2) is 16.7 Å². The number of hydrogen-bond donors (Lipinski definition) is 1. The van der Waals surface area contributed by atoms with Crippen molar-refractivity contribution in [3.05, 3.63) is 23.7 Å². The molecule has 1 heterocycles. The third-order valence-corrected chi connectivity index (χ3v) is 1.86. The van der Waals surface area contributed by atoms with Crippen molar-refractivity contribution in [2.24, 2.45) is 5.73 Å². The number of rotatable bonds is 1. The Balaban J connectivity index is 2.95. The van der Waals surface area contributed by atoms with E-state index in [9.17, 15) is 0 Å². The van der Waals surface area contributed by atoms with Crippen LogP contribution < -0.4 is 5.73 Å². The van der Waals surface area contributed by atoms with Crippen LogP contribution in [-0.4, -0.2) is 0 Å². The average Bonchev–Trinajstić information content (AvgIpc) is 2.50. The molecule has 0 saturated carbocycles. The van der Waals surface area contributed by atoms with Crippen LogP contribution in [0.3, 0.4) is 0 Å². The molecule has 0 radical (unpaired) electrons. The fourth-order valence-corrected chi connectivity index (χ4v) is 0.982. The van der Waals surface area contributed by atoms with E-state index in [2.05, 4.69) is 0 Å². The van der Waals surface area contributed by atoms with Gasteiger partial charge in [0.2, 0.25) is 0 Å². The lowest BCUT2D eigenvalue weighted by Gasteiger charge is -2.13. The van der Waals surface area contributed by atoms with Crippen molar-refractivity contribution in [1.82, 2.24) is 0 Å². The topological polar surface area (TPSA) is 63.0 Å². The highest BCUT2D eigenvalue weighted by Gasteiger charge is 2.19. The molecule has 2 N–H and O–H groups in total. The van der Waals surface area contributed by atoms with Gasteiger partial charge in [0.05, 0.1) is 12.3 Å². The SMILES string of the molecule is CC(C)(C)c1cc(C(N)C#N)co1. The highest BCUT2D eigenvalue weighted by molar-refractivity contribution is 5.24. The van der Waals surface area contributed by atoms with E-state index in [1.165, 1.54) is 0 Å². The minimum atomic E-state index is -0.583. The number of hydrogen-bond acceptors (Lipinski definition) is 3. The van der Waals surface area contributed by atoms with Crippen LogP contribution in [0.4, 0.5) is 0 Å². The van der Waals surface area contributed by atoms with Crippen molar-refractivity contribution in [2.75, 3.05) is 0 Å². The standard InChI is InChI=1S/C10H14N2O/c1-10(2,3)9-4-7(6-13-9)8(12)5-11/h4,6,8H,12H2,1-3H3. The molecule has 3 heteroatoms. The van der Waals surface area contributed by atoms with Gasteiger partial charge in [-0.3, -0.25) is 0 Å². The summed E-state index contributed by atoms with van der Waals surface area (Å²) in [6.45, 7) is 6.15. The highest BCUT2D eigenvalue weighted by Crippen LogP contribution is 2.25. The minimum Gasteiger partial charge on any atom is -0.468 e. The predicted molar refractivity (Wildman–Crippen MR) is 49.9 cm³/mol. The molecule has 1 unspecified atom stereocenters. The summed E-state index contributed by atoms with van der Waals surface area (Å²) in [6, 6.07) is 3.22. The number of nitrogens with two attached hydrogens (primary N) is 1. The van der Waals surface area contributed by atoms with Gasteiger partial charge in [-0.05, 0) is 6.07 Å². The van der Waals surface area contributed by atoms with Crippen molar-refractivity contribution in [2.45, 2.75) is 32.2 Å². The molecule has 0 spiro atoms. The predicted octanol–water partition coefficient (Wildman–Crippen LogP) is 2.10. The maximum atomic E-state index is 8.58. The van der Waals surface area contributed by atoms with Crippen molar-refractivity contribution in [1.29, 1.82) is 5.26 Å². The van der Waals surface area contributed by atoms with Crippen LogP contribution in [0, 0.1) is 11.3 Å². The number of furan rings is 1. The van der Waals surface area contributed by atoms with Gasteiger partial charge in [0.1, 0.15) is 11.8 Å². The molecule has 13 heavy (non-hydrogen) atoms. The Bertz CT molecular complexity index is 327. The molecule has 0 aliphatic rings. The minimum absolute atomic E-state index is 0.0343. The fourth-order valence-electron chi connectivity index (χ4n) is 0.982. The van der Waals surface area contributed by atoms with E-state index in [-0.39, 0.29) is 5.41 Å². The molecule has 0 amide bonds. The Morgan fingerprint density at radius 1 is 1.54 bits per heavy atom. The summed E-state index contributed by atoms with van der Waals surface area (Å²) in [7, 11) is 0. The number of nitrogens with zero attached hydrogens (tertiary/aromatic N) is 1. The van der Waals surface area contributed by atoms with Gasteiger partial charge in [0, 0.05) is 11.0 Å². The fraction of sp³-hybridized carbons (Fsp3) is 0.500. The lowest BCUT2D eigenvalue weighted by molar-refractivity contribution is 0.409. The summed E-state index contributed by atoms with van der Waals surface area (Å²) in [5.74, 6) is 0.855. The van der Waals surface area contributed by atoms with E-state index >= 15 is 0 Å². The molecular formula is C10H14N2O. The zero-order chi connectivity index (χ0) is 10.1. The Morgan fingerprint density at radius 2 is 2.15 bits per heavy atom. The second-order valence-corrected chi connectivity index (χ2v) is 4.10. The van der Waals surface area contributed by atoms with Crippen LogP contribution in [-0.2, 0) is 5.41 Å². The molecule has 1 rings (SSSR count). The Kier molecular flexibility index (Phi) is 2.44. The Hall–Kier alpha value is -1.27. The quantitative estimate of drug-likeness (QED) is 0.716. The van der Waals surface area contributed by atoms with Gasteiger partial charge in [-0.25, -0.2) is 0 Å². The molecule has 70 valence electrons. The van der Waals surface area contributed by atoms with E-state index in [1.807, 2.05) is 32.9 Å². The van der Waals surface area contributed by atoms with Gasteiger partial charge in [-0.2, -0.15) is 5.26 Å². The zero-order valence-electron chi connectivity index (χ0n) is 8.16. The van der Waals surface area contributed by atoms with Crippen LogP contribution in [0.1, 0.15) is 38.1 Å². The summed E-state index contributed by atoms with van der Waals surface area (Å²) in [5, 5.41) is 8.58. The zero-order valence-corrected chi connectivity index (χ0v) is 8.16. The van der Waals surface area contributed by atoms with Crippen LogP contribution in [0.25, 0.3) is 0 Å². The van der Waals surface area contributed by atoms with E-state index < -0.39 is 6.04 Å². The maximum absolute atomic E-state index is 8.58. The van der Waals surface area contributed by atoms with Crippen molar-refractivity contribution < 1.29 is 4.42 Å². The lowest BCUT2D eigenvalue weighted by Crippen LogP contribution is -2.10. The summed E-state index contributed by atoms with van der Waals surface area (Å²) < 4.78 is 5.32. The van der Waals surface area contributed by atoms with Gasteiger partial charge in [0.25, 0.3) is 0 Å². The summed E-state index contributed by atoms with van der Waals surface area (Å²) in [5.41, 5.74) is 6.24. The monoisotopic (exact) mass is 178 g/mol. The van der Waals surface area contributed by atoms with E-state index in [0.717, 1.165) is 11.3 Å².